The number of nitrogens with two attached hydrogens (primary N) is 1. The maximum Gasteiger partial charge on any atom is 0.319 e. The number of aromatic nitrogens is 3. The van der Waals surface area contributed by atoms with E-state index in [1.54, 1.807) is 18.2 Å². The van der Waals surface area contributed by atoms with Gasteiger partial charge in [0.05, 0.1) is 24.3 Å². The van der Waals surface area contributed by atoms with E-state index in [2.05, 4.69) is 31.2 Å². The number of nitrogens with one attached hydrogen (secondary N) is 1. The third-order valence-corrected chi connectivity index (χ3v) is 8.02. The molecule has 5 rings (SSSR count). The Morgan fingerprint density at radius 2 is 1.90 bits per heavy atom. The number of rotatable bonds is 12. The van der Waals surface area contributed by atoms with E-state index in [0.29, 0.717) is 37.9 Å². The number of pyridine rings is 1. The molecule has 2 aliphatic carbocycles. The Kier molecular flexibility index (Phi) is 8.83. The van der Waals surface area contributed by atoms with Crippen molar-refractivity contribution in [1.29, 1.82) is 5.26 Å². The van der Waals surface area contributed by atoms with Gasteiger partial charge in [-0.15, -0.1) is 0 Å². The molecule has 2 aromatic heterocycles. The third kappa shape index (κ3) is 7.21. The van der Waals surface area contributed by atoms with E-state index in [4.69, 9.17) is 20.5 Å². The van der Waals surface area contributed by atoms with E-state index in [9.17, 15) is 9.59 Å². The van der Waals surface area contributed by atoms with Crippen LogP contribution < -0.4 is 25.4 Å². The van der Waals surface area contributed by atoms with E-state index in [0.717, 1.165) is 50.8 Å². The number of nitrogens with zero attached hydrogens (tertiary/aromatic N) is 6. The molecule has 3 N–H and O–H groups in total. The molecule has 0 spiro atoms. The van der Waals surface area contributed by atoms with Crippen LogP contribution in [0.15, 0.2) is 18.2 Å². The number of nitriles is 1. The Morgan fingerprint density at radius 3 is 2.54 bits per heavy atom. The Labute approximate surface area is 240 Å². The lowest BCUT2D eigenvalue weighted by Gasteiger charge is -2.33. The highest BCUT2D eigenvalue weighted by molar-refractivity contribution is 5.93. The number of primary amides is 1. The van der Waals surface area contributed by atoms with Gasteiger partial charge in [0.25, 0.3) is 11.8 Å². The molecule has 2 amide bonds. The average molecular weight is 563 g/mol. The van der Waals surface area contributed by atoms with Crippen LogP contribution in [0.1, 0.15) is 71.1 Å². The number of likely N-dealkylation sites (N-methyl/N-ethyl adjacent to an activating group) is 1. The van der Waals surface area contributed by atoms with Crippen LogP contribution in [-0.4, -0.2) is 84.7 Å². The van der Waals surface area contributed by atoms with Gasteiger partial charge in [-0.2, -0.15) is 15.2 Å². The Bertz CT molecular complexity index is 1300. The van der Waals surface area contributed by atoms with Gasteiger partial charge in [-0.05, 0) is 64.8 Å². The zero-order valence-corrected chi connectivity index (χ0v) is 23.7. The quantitative estimate of drug-likeness (QED) is 0.392. The number of piperidine rings is 1. The fourth-order valence-corrected chi connectivity index (χ4v) is 5.07. The summed E-state index contributed by atoms with van der Waals surface area (Å²) in [5.41, 5.74) is 6.76. The third-order valence-electron chi connectivity index (χ3n) is 8.02. The summed E-state index contributed by atoms with van der Waals surface area (Å²) in [6.07, 6.45) is 5.37. The predicted molar refractivity (Wildman–Crippen MR) is 151 cm³/mol. The molecule has 1 aliphatic heterocycles. The lowest BCUT2D eigenvalue weighted by molar-refractivity contribution is 0.0909. The molecular weight excluding hydrogens is 524 g/mol. The number of anilines is 1. The predicted octanol–water partition coefficient (Wildman–Crippen LogP) is 2.12. The van der Waals surface area contributed by atoms with Crippen LogP contribution in [-0.2, 0) is 0 Å². The van der Waals surface area contributed by atoms with Gasteiger partial charge < -0.3 is 30.3 Å². The summed E-state index contributed by atoms with van der Waals surface area (Å²) in [6, 6.07) is 7.70. The fourth-order valence-electron chi connectivity index (χ4n) is 5.07. The summed E-state index contributed by atoms with van der Waals surface area (Å²) < 4.78 is 11.9. The molecular formula is C29H38N8O4. The largest absolute Gasteiger partial charge is 0.490 e. The molecule has 3 heterocycles. The lowest BCUT2D eigenvalue weighted by Crippen LogP contribution is -2.40. The first-order valence-corrected chi connectivity index (χ1v) is 14.4. The van der Waals surface area contributed by atoms with E-state index in [-0.39, 0.29) is 47.1 Å². The van der Waals surface area contributed by atoms with Crippen LogP contribution in [0, 0.1) is 23.2 Å². The van der Waals surface area contributed by atoms with Gasteiger partial charge >= 0.3 is 6.01 Å². The van der Waals surface area contributed by atoms with E-state index in [1.165, 1.54) is 0 Å². The fraction of sp³-hybridized carbons (Fsp3) is 0.586. The zero-order chi connectivity index (χ0) is 28.9. The van der Waals surface area contributed by atoms with E-state index >= 15 is 0 Å². The molecule has 0 aromatic carbocycles. The number of hydrogen-bond donors (Lipinski definition) is 2. The second kappa shape index (κ2) is 12.7. The van der Waals surface area contributed by atoms with E-state index in [1.807, 2.05) is 19.0 Å². The summed E-state index contributed by atoms with van der Waals surface area (Å²) in [5.74, 6) is 0.741. The van der Waals surface area contributed by atoms with Gasteiger partial charge in [-0.3, -0.25) is 9.59 Å². The van der Waals surface area contributed by atoms with Crippen molar-refractivity contribution in [2.75, 3.05) is 51.8 Å². The summed E-state index contributed by atoms with van der Waals surface area (Å²) >= 11 is 0. The highest BCUT2D eigenvalue weighted by Gasteiger charge is 2.38. The number of ether oxygens (including phenoxy) is 2. The minimum atomic E-state index is -0.572. The number of hydrogen-bond acceptors (Lipinski definition) is 10. The summed E-state index contributed by atoms with van der Waals surface area (Å²) in [4.78, 5) is 42.6. The van der Waals surface area contributed by atoms with Crippen molar-refractivity contribution < 1.29 is 19.1 Å². The first-order valence-electron chi connectivity index (χ1n) is 14.4. The minimum Gasteiger partial charge on any atom is -0.490 e. The Morgan fingerprint density at radius 1 is 1.12 bits per heavy atom. The van der Waals surface area contributed by atoms with Crippen molar-refractivity contribution in [3.63, 3.8) is 0 Å². The number of carbonyl (C=O) groups excluding carboxylic acids is 2. The van der Waals surface area contributed by atoms with Crippen LogP contribution in [0.5, 0.6) is 11.8 Å². The molecule has 2 aromatic rings. The monoisotopic (exact) mass is 562 g/mol. The van der Waals surface area contributed by atoms with Gasteiger partial charge in [0.1, 0.15) is 29.6 Å². The Balaban J connectivity index is 1.30. The lowest BCUT2D eigenvalue weighted by atomic mass is 9.92. The van der Waals surface area contributed by atoms with Crippen LogP contribution >= 0.6 is 0 Å². The van der Waals surface area contributed by atoms with Gasteiger partial charge in [-0.1, -0.05) is 0 Å². The van der Waals surface area contributed by atoms with Crippen molar-refractivity contribution in [2.45, 2.75) is 50.5 Å². The molecule has 0 radical (unpaired) electrons. The van der Waals surface area contributed by atoms with Gasteiger partial charge in [0.2, 0.25) is 0 Å². The van der Waals surface area contributed by atoms with Gasteiger partial charge in [-0.25, -0.2) is 4.98 Å². The standard InChI is InChI=1S/C29H38N8O4/c1-36(2)12-13-40-24-7-6-22(27(31)38)33-26(24)18-8-10-37(11-9-18)25-15-23(28(39)32-21-4-3-5-21)34-29(35-25)41-17-20-14-19(20)16-30/h6-7,15,18-21H,3-5,8-14,17H2,1-2H3,(H2,31,38)(H,32,39)/t19-,20+/m0/s1. The maximum absolute atomic E-state index is 13.0. The van der Waals surface area contributed by atoms with Crippen molar-refractivity contribution in [1.82, 2.24) is 25.2 Å². The second-order valence-electron chi connectivity index (χ2n) is 11.4. The van der Waals surface area contributed by atoms with Crippen molar-refractivity contribution in [2.24, 2.45) is 17.6 Å². The van der Waals surface area contributed by atoms with Gasteiger partial charge in [0, 0.05) is 43.6 Å². The SMILES string of the molecule is CN(C)CCOc1ccc(C(N)=O)nc1C1CCN(c2cc(C(=O)NC3CCC3)nc(OC[C@H]3C[C@H]3C#N)n2)CC1. The first kappa shape index (κ1) is 28.5. The van der Waals surface area contributed by atoms with E-state index < -0.39 is 5.91 Å². The molecule has 3 aliphatic rings. The summed E-state index contributed by atoms with van der Waals surface area (Å²) in [6.45, 7) is 2.92. The smallest absolute Gasteiger partial charge is 0.319 e. The van der Waals surface area contributed by atoms with Crippen LogP contribution in [0.3, 0.4) is 0 Å². The molecule has 1 saturated heterocycles. The highest BCUT2D eigenvalue weighted by Crippen LogP contribution is 2.38. The molecule has 218 valence electrons. The van der Waals surface area contributed by atoms with Crippen molar-refractivity contribution in [3.05, 3.63) is 35.3 Å². The topological polar surface area (TPSA) is 160 Å². The first-order chi connectivity index (χ1) is 19.8. The second-order valence-corrected chi connectivity index (χ2v) is 11.4. The highest BCUT2D eigenvalue weighted by atomic mass is 16.5. The van der Waals surface area contributed by atoms with Crippen LogP contribution in [0.4, 0.5) is 5.82 Å². The molecule has 2 atom stereocenters. The normalized spacial score (nSPS) is 20.7. The molecule has 0 unspecified atom stereocenters. The zero-order valence-electron chi connectivity index (χ0n) is 23.7. The van der Waals surface area contributed by atoms with Crippen molar-refractivity contribution >= 4 is 17.6 Å². The Hall–Kier alpha value is -3.98. The van der Waals surface area contributed by atoms with Crippen molar-refractivity contribution in [3.8, 4) is 17.8 Å². The molecule has 2 saturated carbocycles. The van der Waals surface area contributed by atoms with Gasteiger partial charge in [0.15, 0.2) is 0 Å². The summed E-state index contributed by atoms with van der Waals surface area (Å²) in [7, 11) is 3.96. The maximum atomic E-state index is 13.0. The molecule has 41 heavy (non-hydrogen) atoms. The minimum absolute atomic E-state index is 0.0111. The van der Waals surface area contributed by atoms with Crippen LogP contribution in [0.25, 0.3) is 0 Å². The average Bonchev–Trinajstić information content (AvgIpc) is 3.72. The molecule has 0 bridgehead atoms. The number of carbonyl (C=O) groups is 2. The molecule has 12 heteroatoms. The molecule has 12 nitrogen and oxygen atoms in total. The summed E-state index contributed by atoms with van der Waals surface area (Å²) in [5, 5.41) is 12.2. The molecule has 3 fully saturated rings. The van der Waals surface area contributed by atoms with Crippen LogP contribution in [0.2, 0.25) is 0 Å². The number of amides is 2.